The summed E-state index contributed by atoms with van der Waals surface area (Å²) in [7, 11) is 0. The Morgan fingerprint density at radius 1 is 1.03 bits per heavy atom. The van der Waals surface area contributed by atoms with E-state index in [0.29, 0.717) is 44.7 Å². The Labute approximate surface area is 174 Å². The molecule has 0 radical (unpaired) electrons. The lowest BCUT2D eigenvalue weighted by Crippen LogP contribution is -2.43. The molecular formula is C22H24N6O2. The molecule has 2 amide bonds. The number of nitrogens with zero attached hydrogens (tertiary/aromatic N) is 5. The molecule has 1 aliphatic heterocycles. The van der Waals surface area contributed by atoms with Gasteiger partial charge in [-0.15, -0.1) is 5.10 Å². The minimum Gasteiger partial charge on any atom is -0.352 e. The molecular weight excluding hydrogens is 380 g/mol. The second-order valence-electron chi connectivity index (χ2n) is 7.43. The first kappa shape index (κ1) is 19.8. The lowest BCUT2D eigenvalue weighted by molar-refractivity contribution is -0.126. The van der Waals surface area contributed by atoms with Crippen LogP contribution < -0.4 is 5.32 Å². The molecule has 3 heterocycles. The predicted molar refractivity (Wildman–Crippen MR) is 110 cm³/mol. The van der Waals surface area contributed by atoms with Crippen LogP contribution in [0.1, 0.15) is 34.5 Å². The molecule has 4 rings (SSSR count). The Bertz CT molecular complexity index is 981. The third-order valence-electron chi connectivity index (χ3n) is 5.29. The minimum absolute atomic E-state index is 0.0276. The number of rotatable bonds is 6. The number of hydrogen-bond donors (Lipinski definition) is 1. The van der Waals surface area contributed by atoms with E-state index in [-0.39, 0.29) is 17.7 Å². The Balaban J connectivity index is 1.26. The fourth-order valence-corrected chi connectivity index (χ4v) is 3.59. The summed E-state index contributed by atoms with van der Waals surface area (Å²) in [5.74, 6) is -0.192. The zero-order valence-electron chi connectivity index (χ0n) is 16.6. The van der Waals surface area contributed by atoms with E-state index in [1.807, 2.05) is 42.5 Å². The monoisotopic (exact) mass is 404 g/mol. The van der Waals surface area contributed by atoms with Gasteiger partial charge in [0, 0.05) is 37.9 Å². The summed E-state index contributed by atoms with van der Waals surface area (Å²) in [6, 6.07) is 13.7. The SMILES string of the molecule is O=C(NCc1cccnc1)C1CCN(C(=O)c2cn(Cc3ccccc3)nn2)CC1. The zero-order valence-corrected chi connectivity index (χ0v) is 16.6. The molecule has 1 fully saturated rings. The smallest absolute Gasteiger partial charge is 0.276 e. The Morgan fingerprint density at radius 2 is 1.80 bits per heavy atom. The van der Waals surface area contributed by atoms with Crippen LogP contribution in [0.15, 0.2) is 61.1 Å². The molecule has 3 aromatic rings. The van der Waals surface area contributed by atoms with E-state index in [0.717, 1.165) is 11.1 Å². The van der Waals surface area contributed by atoms with Gasteiger partial charge < -0.3 is 10.2 Å². The molecule has 1 N–H and O–H groups in total. The molecule has 0 aliphatic carbocycles. The zero-order chi connectivity index (χ0) is 20.8. The number of hydrogen-bond acceptors (Lipinski definition) is 5. The van der Waals surface area contributed by atoms with E-state index in [2.05, 4.69) is 20.6 Å². The summed E-state index contributed by atoms with van der Waals surface area (Å²) in [4.78, 5) is 31.0. The summed E-state index contributed by atoms with van der Waals surface area (Å²) in [6.45, 7) is 2.11. The molecule has 8 nitrogen and oxygen atoms in total. The highest BCUT2D eigenvalue weighted by atomic mass is 16.2. The van der Waals surface area contributed by atoms with Crippen molar-refractivity contribution in [1.29, 1.82) is 0 Å². The maximum atomic E-state index is 12.8. The molecule has 2 aromatic heterocycles. The number of benzene rings is 1. The third-order valence-corrected chi connectivity index (χ3v) is 5.29. The van der Waals surface area contributed by atoms with Crippen LogP contribution in [0, 0.1) is 5.92 Å². The number of carbonyl (C=O) groups is 2. The van der Waals surface area contributed by atoms with Crippen LogP contribution in [-0.4, -0.2) is 49.8 Å². The highest BCUT2D eigenvalue weighted by Crippen LogP contribution is 2.19. The largest absolute Gasteiger partial charge is 0.352 e. The van der Waals surface area contributed by atoms with E-state index in [1.165, 1.54) is 0 Å². The van der Waals surface area contributed by atoms with E-state index < -0.39 is 0 Å². The van der Waals surface area contributed by atoms with Crippen LogP contribution in [0.5, 0.6) is 0 Å². The van der Waals surface area contributed by atoms with Gasteiger partial charge in [0.15, 0.2) is 5.69 Å². The summed E-state index contributed by atoms with van der Waals surface area (Å²) in [5.41, 5.74) is 2.40. The molecule has 154 valence electrons. The average molecular weight is 404 g/mol. The first-order valence-electron chi connectivity index (χ1n) is 10.1. The number of carbonyl (C=O) groups excluding carboxylic acids is 2. The summed E-state index contributed by atoms with van der Waals surface area (Å²) < 4.78 is 1.67. The molecule has 0 spiro atoms. The van der Waals surface area contributed by atoms with Crippen molar-refractivity contribution in [3.63, 3.8) is 0 Å². The number of likely N-dealkylation sites (tertiary alicyclic amines) is 1. The van der Waals surface area contributed by atoms with Crippen molar-refractivity contribution in [2.75, 3.05) is 13.1 Å². The first-order chi connectivity index (χ1) is 14.7. The van der Waals surface area contributed by atoms with Crippen LogP contribution in [0.3, 0.4) is 0 Å². The van der Waals surface area contributed by atoms with Crippen LogP contribution in [0.25, 0.3) is 0 Å². The van der Waals surface area contributed by atoms with Gasteiger partial charge in [-0.2, -0.15) is 0 Å². The molecule has 0 atom stereocenters. The number of amides is 2. The van der Waals surface area contributed by atoms with Gasteiger partial charge in [-0.05, 0) is 30.0 Å². The molecule has 1 aliphatic rings. The summed E-state index contributed by atoms with van der Waals surface area (Å²) in [6.07, 6.45) is 6.42. The lowest BCUT2D eigenvalue weighted by atomic mass is 9.95. The quantitative estimate of drug-likeness (QED) is 0.677. The van der Waals surface area contributed by atoms with Crippen molar-refractivity contribution in [3.8, 4) is 0 Å². The van der Waals surface area contributed by atoms with Crippen molar-refractivity contribution in [2.45, 2.75) is 25.9 Å². The van der Waals surface area contributed by atoms with Crippen molar-refractivity contribution < 1.29 is 9.59 Å². The van der Waals surface area contributed by atoms with Gasteiger partial charge in [-0.1, -0.05) is 41.6 Å². The van der Waals surface area contributed by atoms with Gasteiger partial charge in [-0.25, -0.2) is 4.68 Å². The second-order valence-corrected chi connectivity index (χ2v) is 7.43. The minimum atomic E-state index is -0.136. The first-order valence-corrected chi connectivity index (χ1v) is 10.1. The molecule has 1 aromatic carbocycles. The standard InChI is InChI=1S/C22H24N6O2/c29-21(24-14-18-7-4-10-23-13-18)19-8-11-27(12-9-19)22(30)20-16-28(26-25-20)15-17-5-2-1-3-6-17/h1-7,10,13,16,19H,8-9,11-12,14-15H2,(H,24,29). The van der Waals surface area contributed by atoms with Crippen molar-refractivity contribution in [3.05, 3.63) is 77.9 Å². The van der Waals surface area contributed by atoms with Crippen LogP contribution in [0.4, 0.5) is 0 Å². The molecule has 30 heavy (non-hydrogen) atoms. The fraction of sp³-hybridized carbons (Fsp3) is 0.318. The van der Waals surface area contributed by atoms with Gasteiger partial charge in [0.2, 0.25) is 5.91 Å². The molecule has 1 saturated heterocycles. The fourth-order valence-electron chi connectivity index (χ4n) is 3.59. The van der Waals surface area contributed by atoms with Gasteiger partial charge in [0.05, 0.1) is 12.7 Å². The number of pyridine rings is 1. The van der Waals surface area contributed by atoms with E-state index in [4.69, 9.17) is 0 Å². The van der Waals surface area contributed by atoms with Crippen molar-refractivity contribution in [2.24, 2.45) is 5.92 Å². The van der Waals surface area contributed by atoms with E-state index >= 15 is 0 Å². The van der Waals surface area contributed by atoms with Crippen LogP contribution >= 0.6 is 0 Å². The van der Waals surface area contributed by atoms with Gasteiger partial charge in [0.25, 0.3) is 5.91 Å². The summed E-state index contributed by atoms with van der Waals surface area (Å²) in [5, 5.41) is 11.1. The van der Waals surface area contributed by atoms with Gasteiger partial charge >= 0.3 is 0 Å². The van der Waals surface area contributed by atoms with Gasteiger partial charge in [0.1, 0.15) is 0 Å². The lowest BCUT2D eigenvalue weighted by Gasteiger charge is -2.30. The second kappa shape index (κ2) is 9.30. The number of aromatic nitrogens is 4. The predicted octanol–water partition coefficient (Wildman–Crippen LogP) is 1.89. The normalized spacial score (nSPS) is 14.5. The number of nitrogens with one attached hydrogen (secondary N) is 1. The Morgan fingerprint density at radius 3 is 2.53 bits per heavy atom. The highest BCUT2D eigenvalue weighted by Gasteiger charge is 2.28. The topological polar surface area (TPSA) is 93.0 Å². The maximum Gasteiger partial charge on any atom is 0.276 e. The van der Waals surface area contributed by atoms with Crippen molar-refractivity contribution in [1.82, 2.24) is 30.2 Å². The molecule has 0 bridgehead atoms. The van der Waals surface area contributed by atoms with Gasteiger partial charge in [-0.3, -0.25) is 14.6 Å². The Kier molecular flexibility index (Phi) is 6.12. The van der Waals surface area contributed by atoms with Crippen LogP contribution in [-0.2, 0) is 17.9 Å². The third kappa shape index (κ3) is 4.89. The van der Waals surface area contributed by atoms with Crippen molar-refractivity contribution >= 4 is 11.8 Å². The highest BCUT2D eigenvalue weighted by molar-refractivity contribution is 5.92. The summed E-state index contributed by atoms with van der Waals surface area (Å²) >= 11 is 0. The molecule has 0 unspecified atom stereocenters. The Hall–Kier alpha value is -3.55. The molecule has 8 heteroatoms. The van der Waals surface area contributed by atoms with E-state index in [1.54, 1.807) is 28.2 Å². The van der Waals surface area contributed by atoms with E-state index in [9.17, 15) is 9.59 Å². The van der Waals surface area contributed by atoms with Crippen LogP contribution in [0.2, 0.25) is 0 Å². The molecule has 0 saturated carbocycles. The number of piperidine rings is 1. The maximum absolute atomic E-state index is 12.8. The average Bonchev–Trinajstić information content (AvgIpc) is 3.27.